The van der Waals surface area contributed by atoms with Gasteiger partial charge in [-0.15, -0.1) is 0 Å². The largest absolute Gasteiger partial charge is 0.467 e. The molecule has 32 heavy (non-hydrogen) atoms. The molecule has 1 aromatic heterocycles. The molecule has 166 valence electrons. The molecule has 9 heteroatoms. The molecule has 0 aliphatic carbocycles. The predicted molar refractivity (Wildman–Crippen MR) is 118 cm³/mol. The van der Waals surface area contributed by atoms with Crippen LogP contribution < -0.4 is 14.8 Å². The zero-order valence-corrected chi connectivity index (χ0v) is 18.3. The van der Waals surface area contributed by atoms with Crippen molar-refractivity contribution >= 4 is 28.0 Å². The molecule has 0 bridgehead atoms. The Balaban J connectivity index is 1.73. The summed E-state index contributed by atoms with van der Waals surface area (Å²) in [6.07, 6.45) is 2.96. The van der Waals surface area contributed by atoms with Crippen molar-refractivity contribution in [3.63, 3.8) is 0 Å². The van der Waals surface area contributed by atoms with E-state index >= 15 is 0 Å². The first-order chi connectivity index (χ1) is 15.2. The molecule has 0 saturated heterocycles. The van der Waals surface area contributed by atoms with Crippen molar-refractivity contribution in [1.29, 1.82) is 0 Å². The molecule has 0 saturated carbocycles. The summed E-state index contributed by atoms with van der Waals surface area (Å²) in [5.41, 5.74) is 1.52. The van der Waals surface area contributed by atoms with Crippen molar-refractivity contribution in [1.82, 2.24) is 10.6 Å². The standard InChI is InChI=1S/C23H22N2O6S/c1-16-5-11-21(12-6-16)32(28,29)31-19-9-7-18(8-10-19)14-22(25-17(2)26)23(27)24-15-20-4-3-13-30-20/h3-14H,15H2,1-2H3,(H,24,27)(H,25,26). The number of nitrogens with one attached hydrogen (secondary N) is 2. The summed E-state index contributed by atoms with van der Waals surface area (Å²) >= 11 is 0. The minimum absolute atomic E-state index is 0.0324. The highest BCUT2D eigenvalue weighted by Gasteiger charge is 2.16. The molecule has 0 radical (unpaired) electrons. The van der Waals surface area contributed by atoms with E-state index in [2.05, 4.69) is 10.6 Å². The van der Waals surface area contributed by atoms with Crippen LogP contribution in [0.15, 0.2) is 81.9 Å². The van der Waals surface area contributed by atoms with E-state index in [-0.39, 0.29) is 22.9 Å². The van der Waals surface area contributed by atoms with Crippen LogP contribution in [0.3, 0.4) is 0 Å². The third-order valence-corrected chi connectivity index (χ3v) is 5.53. The average Bonchev–Trinajstić information content (AvgIpc) is 3.26. The van der Waals surface area contributed by atoms with Gasteiger partial charge in [0.15, 0.2) is 0 Å². The first-order valence-electron chi connectivity index (χ1n) is 9.64. The van der Waals surface area contributed by atoms with Crippen LogP contribution in [0, 0.1) is 6.92 Å². The Morgan fingerprint density at radius 3 is 2.31 bits per heavy atom. The van der Waals surface area contributed by atoms with Crippen molar-refractivity contribution in [3.8, 4) is 5.75 Å². The summed E-state index contributed by atoms with van der Waals surface area (Å²) in [6.45, 7) is 3.31. The number of benzene rings is 2. The van der Waals surface area contributed by atoms with Gasteiger partial charge in [-0.05, 0) is 55.0 Å². The Morgan fingerprint density at radius 1 is 1.03 bits per heavy atom. The summed E-state index contributed by atoms with van der Waals surface area (Å²) in [5, 5.41) is 5.15. The minimum atomic E-state index is -3.97. The third kappa shape index (κ3) is 6.32. The van der Waals surface area contributed by atoms with E-state index in [0.717, 1.165) is 5.56 Å². The van der Waals surface area contributed by atoms with E-state index in [1.807, 2.05) is 6.92 Å². The van der Waals surface area contributed by atoms with Crippen LogP contribution in [0.2, 0.25) is 0 Å². The van der Waals surface area contributed by atoms with Crippen molar-refractivity contribution in [3.05, 3.63) is 89.5 Å². The quantitative estimate of drug-likeness (QED) is 0.399. The average molecular weight is 455 g/mol. The summed E-state index contributed by atoms with van der Waals surface area (Å²) < 4.78 is 35.2. The van der Waals surface area contributed by atoms with Crippen LogP contribution in [0.1, 0.15) is 23.8 Å². The molecule has 0 unspecified atom stereocenters. The molecule has 1 heterocycles. The minimum Gasteiger partial charge on any atom is -0.467 e. The molecular formula is C23H22N2O6S. The lowest BCUT2D eigenvalue weighted by Gasteiger charge is -2.10. The van der Waals surface area contributed by atoms with E-state index in [1.165, 1.54) is 43.5 Å². The lowest BCUT2D eigenvalue weighted by Crippen LogP contribution is -2.33. The SMILES string of the molecule is CC(=O)NC(=Cc1ccc(OS(=O)(=O)c2ccc(C)cc2)cc1)C(=O)NCc1ccco1. The molecule has 2 amide bonds. The van der Waals surface area contributed by atoms with Crippen LogP contribution in [0.5, 0.6) is 5.75 Å². The van der Waals surface area contributed by atoms with Gasteiger partial charge >= 0.3 is 10.1 Å². The van der Waals surface area contributed by atoms with Crippen molar-refractivity contribution < 1.29 is 26.6 Å². The van der Waals surface area contributed by atoms with Gasteiger partial charge in [-0.1, -0.05) is 29.8 Å². The normalized spacial score (nSPS) is 11.6. The Morgan fingerprint density at radius 2 is 1.72 bits per heavy atom. The zero-order chi connectivity index (χ0) is 23.1. The molecule has 3 rings (SSSR count). The fraction of sp³-hybridized carbons (Fsp3) is 0.130. The maximum atomic E-state index is 12.5. The Bertz CT molecular complexity index is 1210. The van der Waals surface area contributed by atoms with Gasteiger partial charge in [-0.25, -0.2) is 0 Å². The molecule has 0 aliphatic heterocycles. The van der Waals surface area contributed by atoms with Crippen molar-refractivity contribution in [2.75, 3.05) is 0 Å². The highest BCUT2D eigenvalue weighted by molar-refractivity contribution is 7.87. The number of amides is 2. The molecule has 0 spiro atoms. The van der Waals surface area contributed by atoms with Gasteiger partial charge in [-0.3, -0.25) is 9.59 Å². The Kier molecular flexibility index (Phi) is 7.11. The third-order valence-electron chi connectivity index (χ3n) is 4.27. The smallest absolute Gasteiger partial charge is 0.339 e. The number of aryl methyl sites for hydroxylation is 1. The van der Waals surface area contributed by atoms with Crippen LogP contribution in [0.25, 0.3) is 6.08 Å². The van der Waals surface area contributed by atoms with Gasteiger partial charge in [0.05, 0.1) is 12.8 Å². The van der Waals surface area contributed by atoms with E-state index < -0.39 is 21.9 Å². The summed E-state index contributed by atoms with van der Waals surface area (Å²) in [7, 11) is -3.97. The monoisotopic (exact) mass is 454 g/mol. The summed E-state index contributed by atoms with van der Waals surface area (Å²) in [5.74, 6) is -0.227. The number of hydrogen-bond donors (Lipinski definition) is 2. The van der Waals surface area contributed by atoms with Gasteiger partial charge in [0, 0.05) is 6.92 Å². The maximum Gasteiger partial charge on any atom is 0.339 e. The lowest BCUT2D eigenvalue weighted by molar-refractivity contribution is -0.122. The highest BCUT2D eigenvalue weighted by Crippen LogP contribution is 2.20. The first kappa shape index (κ1) is 22.8. The first-order valence-corrected chi connectivity index (χ1v) is 11.0. The molecule has 8 nitrogen and oxygen atoms in total. The van der Waals surface area contributed by atoms with Crippen LogP contribution >= 0.6 is 0 Å². The van der Waals surface area contributed by atoms with Gasteiger partial charge in [0.25, 0.3) is 5.91 Å². The number of carbonyl (C=O) groups is 2. The van der Waals surface area contributed by atoms with E-state index in [9.17, 15) is 18.0 Å². The zero-order valence-electron chi connectivity index (χ0n) is 17.5. The second kappa shape index (κ2) is 9.97. The molecule has 0 aliphatic rings. The Labute approximate surface area is 186 Å². The van der Waals surface area contributed by atoms with Crippen LogP contribution in [0.4, 0.5) is 0 Å². The predicted octanol–water partition coefficient (Wildman–Crippen LogP) is 3.15. The van der Waals surface area contributed by atoms with Gasteiger partial charge in [-0.2, -0.15) is 8.42 Å². The molecule has 0 atom stereocenters. The van der Waals surface area contributed by atoms with Crippen LogP contribution in [-0.4, -0.2) is 20.2 Å². The fourth-order valence-corrected chi connectivity index (χ4v) is 3.62. The van der Waals surface area contributed by atoms with Crippen molar-refractivity contribution in [2.45, 2.75) is 25.3 Å². The van der Waals surface area contributed by atoms with Gasteiger partial charge < -0.3 is 19.2 Å². The molecule has 2 N–H and O–H groups in total. The second-order valence-electron chi connectivity index (χ2n) is 6.92. The van der Waals surface area contributed by atoms with E-state index in [1.54, 1.807) is 36.4 Å². The Hall–Kier alpha value is -3.85. The molecule has 3 aromatic rings. The fourth-order valence-electron chi connectivity index (χ4n) is 2.69. The topological polar surface area (TPSA) is 115 Å². The number of carbonyl (C=O) groups excluding carboxylic acids is 2. The lowest BCUT2D eigenvalue weighted by atomic mass is 10.1. The molecule has 0 fully saturated rings. The molecule has 2 aromatic carbocycles. The highest BCUT2D eigenvalue weighted by atomic mass is 32.2. The van der Waals surface area contributed by atoms with Crippen LogP contribution in [-0.2, 0) is 26.3 Å². The van der Waals surface area contributed by atoms with Gasteiger partial charge in [0.1, 0.15) is 22.1 Å². The van der Waals surface area contributed by atoms with Gasteiger partial charge in [0.2, 0.25) is 5.91 Å². The summed E-state index contributed by atoms with van der Waals surface area (Å²) in [6, 6.07) is 15.8. The summed E-state index contributed by atoms with van der Waals surface area (Å²) in [4.78, 5) is 24.0. The molecular weight excluding hydrogens is 432 g/mol. The number of hydrogen-bond acceptors (Lipinski definition) is 6. The van der Waals surface area contributed by atoms with E-state index in [0.29, 0.717) is 11.3 Å². The second-order valence-corrected chi connectivity index (χ2v) is 8.47. The number of furan rings is 1. The van der Waals surface area contributed by atoms with Crippen molar-refractivity contribution in [2.24, 2.45) is 0 Å². The van der Waals surface area contributed by atoms with E-state index in [4.69, 9.17) is 8.60 Å². The maximum absolute atomic E-state index is 12.5. The number of rotatable bonds is 8.